The second kappa shape index (κ2) is 10.6. The second-order valence-corrected chi connectivity index (χ2v) is 11.6. The van der Waals surface area contributed by atoms with Crippen molar-refractivity contribution in [1.82, 2.24) is 9.44 Å². The molecule has 0 saturated heterocycles. The Morgan fingerprint density at radius 1 is 0.647 bits per heavy atom. The summed E-state index contributed by atoms with van der Waals surface area (Å²) in [6, 6.07) is 10.2. The lowest BCUT2D eigenvalue weighted by molar-refractivity contribution is -0.115. The maximum atomic E-state index is 12.9. The first kappa shape index (κ1) is 25.8. The van der Waals surface area contributed by atoms with Gasteiger partial charge in [0.05, 0.1) is 9.79 Å². The monoisotopic (exact) mass is 508 g/mol. The number of carbonyl (C=O) groups excluding carboxylic acids is 2. The van der Waals surface area contributed by atoms with Gasteiger partial charge in [-0.25, -0.2) is 26.3 Å². The van der Waals surface area contributed by atoms with E-state index in [1.165, 1.54) is 62.4 Å². The average molecular weight is 509 g/mol. The third-order valence-corrected chi connectivity index (χ3v) is 8.36. The molecule has 0 aromatic heterocycles. The smallest absolute Gasteiger partial charge is 0.240 e. The minimum Gasteiger partial charge on any atom is -0.326 e. The number of hydrogen-bond donors (Lipinski definition) is 4. The van der Waals surface area contributed by atoms with Crippen LogP contribution >= 0.6 is 0 Å². The Balaban J connectivity index is 1.73. The van der Waals surface area contributed by atoms with Crippen LogP contribution in [0.3, 0.4) is 0 Å². The molecule has 2 amide bonds. The Bertz CT molecular complexity index is 1140. The maximum Gasteiger partial charge on any atom is 0.240 e. The zero-order valence-corrected chi connectivity index (χ0v) is 20.5. The Morgan fingerprint density at radius 3 is 1.26 bits per heavy atom. The number of carbonyl (C=O) groups is 2. The summed E-state index contributed by atoms with van der Waals surface area (Å²) in [6.07, 6.45) is 2.49. The van der Waals surface area contributed by atoms with E-state index in [1.54, 1.807) is 0 Å². The van der Waals surface area contributed by atoms with E-state index in [1.807, 2.05) is 0 Å². The molecule has 0 heterocycles. The van der Waals surface area contributed by atoms with Gasteiger partial charge in [0.2, 0.25) is 31.9 Å². The van der Waals surface area contributed by atoms with Crippen molar-refractivity contribution in [2.75, 3.05) is 10.6 Å². The first-order chi connectivity index (χ1) is 16.0. The standard InChI is InChI=1S/C22H28N4O6S2/c1-15(27)23-17-7-11-19(12-8-17)33(29,30)25-21-5-3-4-6-22(21)26-34(31,32)20-13-9-18(10-14-20)24-16(2)28/h7-14,21-22,25-26H,3-6H2,1-2H3,(H,23,27)(H,24,28)/t21-,22-/m0/s1. The molecule has 0 unspecified atom stereocenters. The molecule has 184 valence electrons. The van der Waals surface area contributed by atoms with Crippen molar-refractivity contribution in [3.05, 3.63) is 48.5 Å². The summed E-state index contributed by atoms with van der Waals surface area (Å²) in [5, 5.41) is 5.15. The van der Waals surface area contributed by atoms with Gasteiger partial charge in [0.1, 0.15) is 0 Å². The van der Waals surface area contributed by atoms with E-state index in [4.69, 9.17) is 0 Å². The highest BCUT2D eigenvalue weighted by Gasteiger charge is 2.32. The number of benzene rings is 2. The SMILES string of the molecule is CC(=O)Nc1ccc(S(=O)(=O)N[C@H]2CCCC[C@@H]2NS(=O)(=O)c2ccc(NC(C)=O)cc2)cc1. The molecule has 1 saturated carbocycles. The molecule has 0 aliphatic heterocycles. The molecule has 10 nitrogen and oxygen atoms in total. The van der Waals surface area contributed by atoms with E-state index in [0.717, 1.165) is 12.8 Å². The summed E-state index contributed by atoms with van der Waals surface area (Å²) in [4.78, 5) is 22.3. The summed E-state index contributed by atoms with van der Waals surface area (Å²) in [7, 11) is -7.83. The van der Waals surface area contributed by atoms with Crippen molar-refractivity contribution in [1.29, 1.82) is 0 Å². The molecule has 4 N–H and O–H groups in total. The highest BCUT2D eigenvalue weighted by atomic mass is 32.2. The highest BCUT2D eigenvalue weighted by Crippen LogP contribution is 2.24. The fraction of sp³-hybridized carbons (Fsp3) is 0.364. The van der Waals surface area contributed by atoms with Crippen LogP contribution in [-0.4, -0.2) is 40.7 Å². The molecular formula is C22H28N4O6S2. The van der Waals surface area contributed by atoms with Crippen LogP contribution in [0, 0.1) is 0 Å². The Morgan fingerprint density at radius 2 is 0.971 bits per heavy atom. The normalized spacial score (nSPS) is 18.8. The number of anilines is 2. The van der Waals surface area contributed by atoms with Gasteiger partial charge in [0.15, 0.2) is 0 Å². The van der Waals surface area contributed by atoms with E-state index >= 15 is 0 Å². The average Bonchev–Trinajstić information content (AvgIpc) is 2.75. The first-order valence-corrected chi connectivity index (χ1v) is 13.7. The maximum absolute atomic E-state index is 12.9. The lowest BCUT2D eigenvalue weighted by Gasteiger charge is -2.32. The molecule has 0 bridgehead atoms. The van der Waals surface area contributed by atoms with Gasteiger partial charge in [-0.1, -0.05) is 12.8 Å². The van der Waals surface area contributed by atoms with Gasteiger partial charge in [-0.2, -0.15) is 0 Å². The minimum absolute atomic E-state index is 0.0161. The van der Waals surface area contributed by atoms with E-state index in [-0.39, 0.29) is 21.6 Å². The molecule has 12 heteroatoms. The van der Waals surface area contributed by atoms with Gasteiger partial charge in [-0.15, -0.1) is 0 Å². The number of hydrogen-bond acceptors (Lipinski definition) is 6. The summed E-state index contributed by atoms with van der Waals surface area (Å²) < 4.78 is 57.0. The van der Waals surface area contributed by atoms with Gasteiger partial charge in [-0.05, 0) is 61.4 Å². The van der Waals surface area contributed by atoms with Crippen LogP contribution in [0.1, 0.15) is 39.5 Å². The lowest BCUT2D eigenvalue weighted by atomic mass is 9.92. The molecule has 2 aromatic rings. The number of nitrogens with one attached hydrogen (secondary N) is 4. The zero-order valence-electron chi connectivity index (χ0n) is 18.9. The topological polar surface area (TPSA) is 151 Å². The van der Waals surface area contributed by atoms with Crippen molar-refractivity contribution >= 4 is 43.2 Å². The summed E-state index contributed by atoms with van der Waals surface area (Å²) in [6.45, 7) is 2.71. The van der Waals surface area contributed by atoms with Crippen LogP contribution in [-0.2, 0) is 29.6 Å². The molecule has 1 aliphatic rings. The van der Waals surface area contributed by atoms with Crippen LogP contribution in [0.25, 0.3) is 0 Å². The molecule has 1 aliphatic carbocycles. The number of rotatable bonds is 8. The van der Waals surface area contributed by atoms with E-state index in [0.29, 0.717) is 24.2 Å². The number of amides is 2. The van der Waals surface area contributed by atoms with E-state index in [2.05, 4.69) is 20.1 Å². The molecule has 0 radical (unpaired) electrons. The predicted molar refractivity (Wildman–Crippen MR) is 128 cm³/mol. The van der Waals surface area contributed by atoms with Gasteiger partial charge in [-0.3, -0.25) is 9.59 Å². The largest absolute Gasteiger partial charge is 0.326 e. The van der Waals surface area contributed by atoms with Crippen molar-refractivity contribution in [2.24, 2.45) is 0 Å². The molecule has 2 atom stereocenters. The molecule has 0 spiro atoms. The third kappa shape index (κ3) is 6.86. The van der Waals surface area contributed by atoms with Crippen LogP contribution in [0.4, 0.5) is 11.4 Å². The molecule has 3 rings (SSSR count). The number of sulfonamides is 2. The zero-order chi connectivity index (χ0) is 24.9. The van der Waals surface area contributed by atoms with Crippen molar-refractivity contribution in [3.8, 4) is 0 Å². The first-order valence-electron chi connectivity index (χ1n) is 10.8. The summed E-state index contributed by atoms with van der Waals surface area (Å²) >= 11 is 0. The van der Waals surface area contributed by atoms with Gasteiger partial charge in [0.25, 0.3) is 0 Å². The predicted octanol–water partition coefficient (Wildman–Crippen LogP) is 2.17. The Kier molecular flexibility index (Phi) is 8.08. The Labute approximate surface area is 199 Å². The minimum atomic E-state index is -3.91. The van der Waals surface area contributed by atoms with E-state index < -0.39 is 32.1 Å². The highest BCUT2D eigenvalue weighted by molar-refractivity contribution is 7.90. The Hall–Kier alpha value is -2.80. The van der Waals surface area contributed by atoms with Crippen LogP contribution in [0.2, 0.25) is 0 Å². The van der Waals surface area contributed by atoms with Crippen molar-refractivity contribution in [2.45, 2.75) is 61.4 Å². The van der Waals surface area contributed by atoms with Crippen LogP contribution < -0.4 is 20.1 Å². The van der Waals surface area contributed by atoms with Crippen molar-refractivity contribution < 1.29 is 26.4 Å². The van der Waals surface area contributed by atoms with E-state index in [9.17, 15) is 26.4 Å². The second-order valence-electron chi connectivity index (χ2n) is 8.15. The van der Waals surface area contributed by atoms with Crippen LogP contribution in [0.5, 0.6) is 0 Å². The van der Waals surface area contributed by atoms with Gasteiger partial charge < -0.3 is 10.6 Å². The quantitative estimate of drug-likeness (QED) is 0.429. The molecule has 1 fully saturated rings. The third-order valence-electron chi connectivity index (χ3n) is 5.35. The molecule has 2 aromatic carbocycles. The lowest BCUT2D eigenvalue weighted by Crippen LogP contribution is -2.52. The summed E-state index contributed by atoms with van der Waals surface area (Å²) in [5.41, 5.74) is 0.943. The van der Waals surface area contributed by atoms with Crippen molar-refractivity contribution in [3.63, 3.8) is 0 Å². The van der Waals surface area contributed by atoms with Crippen LogP contribution in [0.15, 0.2) is 58.3 Å². The fourth-order valence-corrected chi connectivity index (χ4v) is 6.41. The van der Waals surface area contributed by atoms with Gasteiger partial charge in [0, 0.05) is 37.3 Å². The molecular weight excluding hydrogens is 480 g/mol. The molecule has 34 heavy (non-hydrogen) atoms. The summed E-state index contributed by atoms with van der Waals surface area (Å²) in [5.74, 6) is -0.536. The fourth-order valence-electron chi connectivity index (χ4n) is 3.79. The van der Waals surface area contributed by atoms with Gasteiger partial charge >= 0.3 is 0 Å².